The van der Waals surface area contributed by atoms with E-state index < -0.39 is 0 Å². The minimum Gasteiger partial charge on any atom is -0.325 e. The normalized spacial score (nSPS) is 18.2. The molecule has 4 nitrogen and oxygen atoms in total. The Morgan fingerprint density at radius 2 is 2.16 bits per heavy atom. The molecule has 1 aliphatic rings. The molecule has 19 heavy (non-hydrogen) atoms. The number of rotatable bonds is 2. The van der Waals surface area contributed by atoms with Crippen molar-refractivity contribution in [1.82, 2.24) is 9.97 Å². The Balaban J connectivity index is 2.04. The van der Waals surface area contributed by atoms with Crippen molar-refractivity contribution >= 4 is 11.6 Å². The van der Waals surface area contributed by atoms with Crippen LogP contribution in [0.4, 0.5) is 11.6 Å². The Labute approximate surface area is 113 Å². The van der Waals surface area contributed by atoms with Gasteiger partial charge in [0.15, 0.2) is 0 Å². The highest BCUT2D eigenvalue weighted by Gasteiger charge is 2.24. The van der Waals surface area contributed by atoms with Gasteiger partial charge < -0.3 is 10.6 Å². The molecule has 0 spiro atoms. The van der Waals surface area contributed by atoms with E-state index in [1.165, 1.54) is 11.3 Å². The molecule has 1 aromatic heterocycles. The summed E-state index contributed by atoms with van der Waals surface area (Å²) in [5.74, 6) is 1.35. The Hall–Kier alpha value is -1.94. The molecule has 2 heterocycles. The number of hydrogen-bond acceptors (Lipinski definition) is 4. The lowest BCUT2D eigenvalue weighted by molar-refractivity contribution is 0.557. The van der Waals surface area contributed by atoms with Crippen LogP contribution in [0.1, 0.15) is 18.2 Å². The summed E-state index contributed by atoms with van der Waals surface area (Å²) < 4.78 is 0. The molecule has 0 radical (unpaired) electrons. The highest BCUT2D eigenvalue weighted by atomic mass is 15.3. The zero-order chi connectivity index (χ0) is 13.2. The molecule has 4 heteroatoms. The molecule has 2 N–H and O–H groups in total. The van der Waals surface area contributed by atoms with E-state index in [9.17, 15) is 0 Å². The van der Waals surface area contributed by atoms with Crippen molar-refractivity contribution in [2.75, 3.05) is 11.4 Å². The first-order valence-electron chi connectivity index (χ1n) is 6.65. The van der Waals surface area contributed by atoms with Crippen LogP contribution in [0, 0.1) is 5.92 Å². The van der Waals surface area contributed by atoms with Gasteiger partial charge in [-0.1, -0.05) is 25.1 Å². The van der Waals surface area contributed by atoms with E-state index in [0.717, 1.165) is 24.6 Å². The molecule has 0 saturated heterocycles. The van der Waals surface area contributed by atoms with E-state index in [-0.39, 0.29) is 0 Å². The zero-order valence-electron chi connectivity index (χ0n) is 11.1. The molecule has 0 amide bonds. The minimum atomic E-state index is 0.445. The van der Waals surface area contributed by atoms with Gasteiger partial charge in [0.05, 0.1) is 5.69 Å². The van der Waals surface area contributed by atoms with E-state index in [1.54, 1.807) is 6.20 Å². The van der Waals surface area contributed by atoms with Gasteiger partial charge in [-0.3, -0.25) is 0 Å². The fraction of sp³-hybridized carbons (Fsp3) is 0.333. The molecule has 0 fully saturated rings. The summed E-state index contributed by atoms with van der Waals surface area (Å²) >= 11 is 0. The highest BCUT2D eigenvalue weighted by molar-refractivity contribution is 5.63. The first-order chi connectivity index (χ1) is 9.28. The van der Waals surface area contributed by atoms with E-state index in [2.05, 4.69) is 46.1 Å². The Kier molecular flexibility index (Phi) is 3.17. The number of aromatic nitrogens is 2. The third-order valence-corrected chi connectivity index (χ3v) is 3.50. The maximum Gasteiger partial charge on any atom is 0.230 e. The van der Waals surface area contributed by atoms with Gasteiger partial charge in [0.2, 0.25) is 5.95 Å². The number of nitrogens with two attached hydrogens (primary N) is 1. The standard InChI is InChI=1S/C15H18N4/c1-11-8-12-4-2-3-5-14(12)19(10-11)15-17-7-6-13(9-16)18-15/h2-7,11H,8-10,16H2,1H3. The third-order valence-electron chi connectivity index (χ3n) is 3.50. The molecular formula is C15H18N4. The van der Waals surface area contributed by atoms with Crippen molar-refractivity contribution in [3.8, 4) is 0 Å². The molecule has 98 valence electrons. The second-order valence-electron chi connectivity index (χ2n) is 5.10. The summed E-state index contributed by atoms with van der Waals surface area (Å²) in [5.41, 5.74) is 9.12. The van der Waals surface area contributed by atoms with Crippen molar-refractivity contribution in [2.45, 2.75) is 19.9 Å². The summed E-state index contributed by atoms with van der Waals surface area (Å²) in [5, 5.41) is 0. The number of nitrogens with zero attached hydrogens (tertiary/aromatic N) is 3. The molecule has 2 aromatic rings. The predicted molar refractivity (Wildman–Crippen MR) is 76.2 cm³/mol. The van der Waals surface area contributed by atoms with Gasteiger partial charge in [-0.25, -0.2) is 9.97 Å². The lowest BCUT2D eigenvalue weighted by Crippen LogP contribution is -2.31. The Morgan fingerprint density at radius 1 is 1.32 bits per heavy atom. The van der Waals surface area contributed by atoms with Gasteiger partial charge >= 0.3 is 0 Å². The van der Waals surface area contributed by atoms with Crippen molar-refractivity contribution in [3.63, 3.8) is 0 Å². The molecule has 0 saturated carbocycles. The first kappa shape index (κ1) is 12.1. The monoisotopic (exact) mass is 254 g/mol. The molecule has 1 aromatic carbocycles. The van der Waals surface area contributed by atoms with E-state index >= 15 is 0 Å². The van der Waals surface area contributed by atoms with Gasteiger partial charge in [0, 0.05) is 25.0 Å². The zero-order valence-corrected chi connectivity index (χ0v) is 11.1. The van der Waals surface area contributed by atoms with Gasteiger partial charge in [-0.15, -0.1) is 0 Å². The molecule has 1 aliphatic heterocycles. The average Bonchev–Trinajstić information content (AvgIpc) is 2.46. The van der Waals surface area contributed by atoms with Crippen LogP contribution in [-0.2, 0) is 13.0 Å². The van der Waals surface area contributed by atoms with E-state index in [1.807, 2.05) is 6.07 Å². The topological polar surface area (TPSA) is 55.0 Å². The number of hydrogen-bond donors (Lipinski definition) is 1. The van der Waals surface area contributed by atoms with E-state index in [4.69, 9.17) is 5.73 Å². The van der Waals surface area contributed by atoms with Crippen LogP contribution in [0.2, 0.25) is 0 Å². The lowest BCUT2D eigenvalue weighted by Gasteiger charge is -2.33. The fourth-order valence-electron chi connectivity index (χ4n) is 2.61. The minimum absolute atomic E-state index is 0.445. The molecule has 3 rings (SSSR count). The van der Waals surface area contributed by atoms with Gasteiger partial charge in [-0.05, 0) is 30.0 Å². The summed E-state index contributed by atoms with van der Waals surface area (Å²) in [6.45, 7) is 3.65. The predicted octanol–water partition coefficient (Wildman–Crippen LogP) is 2.27. The van der Waals surface area contributed by atoms with Crippen LogP contribution in [0.3, 0.4) is 0 Å². The highest BCUT2D eigenvalue weighted by Crippen LogP contribution is 2.33. The number of benzene rings is 1. The second-order valence-corrected chi connectivity index (χ2v) is 5.10. The third kappa shape index (κ3) is 2.31. The molecule has 1 atom stereocenters. The summed E-state index contributed by atoms with van der Waals surface area (Å²) in [7, 11) is 0. The second kappa shape index (κ2) is 4.97. The van der Waals surface area contributed by atoms with Crippen molar-refractivity contribution in [3.05, 3.63) is 47.8 Å². The molecule has 0 aliphatic carbocycles. The van der Waals surface area contributed by atoms with Crippen LogP contribution in [0.15, 0.2) is 36.5 Å². The first-order valence-corrected chi connectivity index (χ1v) is 6.65. The maximum atomic E-state index is 5.66. The van der Waals surface area contributed by atoms with Crippen molar-refractivity contribution < 1.29 is 0 Å². The van der Waals surface area contributed by atoms with Crippen molar-refractivity contribution in [1.29, 1.82) is 0 Å². The SMILES string of the molecule is CC1Cc2ccccc2N(c2nccc(CN)n2)C1. The Morgan fingerprint density at radius 3 is 3.00 bits per heavy atom. The number of anilines is 2. The van der Waals surface area contributed by atoms with Crippen molar-refractivity contribution in [2.24, 2.45) is 11.7 Å². The van der Waals surface area contributed by atoms with Crippen LogP contribution < -0.4 is 10.6 Å². The summed E-state index contributed by atoms with van der Waals surface area (Å²) in [6.07, 6.45) is 2.90. The van der Waals surface area contributed by atoms with Crippen LogP contribution in [-0.4, -0.2) is 16.5 Å². The lowest BCUT2D eigenvalue weighted by atomic mass is 9.94. The van der Waals surface area contributed by atoms with Gasteiger partial charge in [-0.2, -0.15) is 0 Å². The van der Waals surface area contributed by atoms with Crippen LogP contribution in [0.5, 0.6) is 0 Å². The largest absolute Gasteiger partial charge is 0.325 e. The smallest absolute Gasteiger partial charge is 0.230 e. The number of fused-ring (bicyclic) bond motifs is 1. The summed E-state index contributed by atoms with van der Waals surface area (Å²) in [4.78, 5) is 11.1. The number of para-hydroxylation sites is 1. The summed E-state index contributed by atoms with van der Waals surface area (Å²) in [6, 6.07) is 10.3. The van der Waals surface area contributed by atoms with Gasteiger partial charge in [0.1, 0.15) is 0 Å². The fourth-order valence-corrected chi connectivity index (χ4v) is 2.61. The maximum absolute atomic E-state index is 5.66. The molecular weight excluding hydrogens is 236 g/mol. The van der Waals surface area contributed by atoms with Crippen LogP contribution >= 0.6 is 0 Å². The molecule has 0 bridgehead atoms. The quantitative estimate of drug-likeness (QED) is 0.893. The van der Waals surface area contributed by atoms with Crippen LogP contribution in [0.25, 0.3) is 0 Å². The molecule has 1 unspecified atom stereocenters. The average molecular weight is 254 g/mol. The Bertz CT molecular complexity index is 582. The van der Waals surface area contributed by atoms with Gasteiger partial charge in [0.25, 0.3) is 0 Å². The van der Waals surface area contributed by atoms with E-state index in [0.29, 0.717) is 12.5 Å².